The van der Waals surface area contributed by atoms with Gasteiger partial charge < -0.3 is 4.74 Å². The van der Waals surface area contributed by atoms with Gasteiger partial charge in [-0.3, -0.25) is 9.59 Å². The summed E-state index contributed by atoms with van der Waals surface area (Å²) in [5, 5.41) is 7.43. The van der Waals surface area contributed by atoms with Gasteiger partial charge in [-0.2, -0.15) is 5.10 Å². The molecular formula is C18H15FN2O3. The fourth-order valence-corrected chi connectivity index (χ4v) is 2.48. The summed E-state index contributed by atoms with van der Waals surface area (Å²) < 4.78 is 18.3. The molecule has 0 radical (unpaired) electrons. The Morgan fingerprint density at radius 2 is 1.83 bits per heavy atom. The lowest BCUT2D eigenvalue weighted by atomic mass is 10.1. The maximum atomic E-state index is 12.9. The molecule has 1 aromatic heterocycles. The van der Waals surface area contributed by atoms with Crippen molar-refractivity contribution in [3.05, 3.63) is 76.0 Å². The van der Waals surface area contributed by atoms with E-state index in [4.69, 9.17) is 4.74 Å². The molecule has 1 heterocycles. The van der Waals surface area contributed by atoms with Crippen LogP contribution in [0.1, 0.15) is 24.3 Å². The predicted molar refractivity (Wildman–Crippen MR) is 87.0 cm³/mol. The third-order valence-electron chi connectivity index (χ3n) is 3.73. The minimum Gasteiger partial charge on any atom is -0.457 e. The van der Waals surface area contributed by atoms with E-state index in [0.717, 1.165) is 0 Å². The largest absolute Gasteiger partial charge is 0.457 e. The van der Waals surface area contributed by atoms with Crippen molar-refractivity contribution in [1.82, 2.24) is 10.2 Å². The van der Waals surface area contributed by atoms with Crippen LogP contribution in [0, 0.1) is 5.82 Å². The number of rotatable bonds is 4. The Hall–Kier alpha value is -3.02. The van der Waals surface area contributed by atoms with Gasteiger partial charge in [-0.25, -0.2) is 9.49 Å². The molecule has 0 aliphatic rings. The molecule has 1 atom stereocenters. The van der Waals surface area contributed by atoms with Gasteiger partial charge in [0, 0.05) is 5.39 Å². The first kappa shape index (κ1) is 15.9. The van der Waals surface area contributed by atoms with Crippen LogP contribution in [0.3, 0.4) is 0 Å². The normalized spacial score (nSPS) is 12.1. The molecule has 5 nitrogen and oxygen atoms in total. The van der Waals surface area contributed by atoms with Gasteiger partial charge in [-0.1, -0.05) is 30.3 Å². The Morgan fingerprint density at radius 3 is 2.54 bits per heavy atom. The molecule has 0 saturated heterocycles. The molecule has 3 rings (SSSR count). The lowest BCUT2D eigenvalue weighted by Gasteiger charge is -2.13. The van der Waals surface area contributed by atoms with Gasteiger partial charge in [0.05, 0.1) is 17.5 Å². The molecule has 0 spiro atoms. The molecule has 6 heteroatoms. The van der Waals surface area contributed by atoms with Gasteiger partial charge in [0.15, 0.2) is 0 Å². The molecule has 24 heavy (non-hydrogen) atoms. The van der Waals surface area contributed by atoms with Crippen LogP contribution in [0.4, 0.5) is 4.39 Å². The van der Waals surface area contributed by atoms with Crippen molar-refractivity contribution in [1.29, 1.82) is 0 Å². The van der Waals surface area contributed by atoms with E-state index >= 15 is 0 Å². The van der Waals surface area contributed by atoms with Gasteiger partial charge in [-0.15, -0.1) is 0 Å². The summed E-state index contributed by atoms with van der Waals surface area (Å²) in [7, 11) is 0. The zero-order valence-corrected chi connectivity index (χ0v) is 13.0. The Balaban J connectivity index is 1.77. The van der Waals surface area contributed by atoms with E-state index in [1.807, 2.05) is 0 Å². The first-order valence-electron chi connectivity index (χ1n) is 7.46. The van der Waals surface area contributed by atoms with Crippen LogP contribution in [0.5, 0.6) is 0 Å². The van der Waals surface area contributed by atoms with Gasteiger partial charge in [-0.05, 0) is 30.7 Å². The van der Waals surface area contributed by atoms with E-state index in [1.54, 1.807) is 43.3 Å². The summed E-state index contributed by atoms with van der Waals surface area (Å²) in [6.07, 6.45) is -0.574. The number of carbonyl (C=O) groups is 1. The second kappa shape index (κ2) is 6.62. The predicted octanol–water partition coefficient (Wildman–Crippen LogP) is 2.91. The fourth-order valence-electron chi connectivity index (χ4n) is 2.48. The third-order valence-corrected chi connectivity index (χ3v) is 3.73. The number of esters is 1. The number of ether oxygens (including phenoxy) is 1. The van der Waals surface area contributed by atoms with E-state index in [2.05, 4.69) is 10.2 Å². The monoisotopic (exact) mass is 326 g/mol. The lowest BCUT2D eigenvalue weighted by molar-refractivity contribution is -0.147. The van der Waals surface area contributed by atoms with E-state index in [-0.39, 0.29) is 17.8 Å². The average Bonchev–Trinajstić information content (AvgIpc) is 2.58. The molecule has 0 unspecified atom stereocenters. The zero-order chi connectivity index (χ0) is 17.1. The number of halogens is 1. The number of benzene rings is 2. The number of hydrogen-bond donors (Lipinski definition) is 1. The van der Waals surface area contributed by atoms with Crippen LogP contribution in [-0.4, -0.2) is 16.2 Å². The highest BCUT2D eigenvalue weighted by Crippen LogP contribution is 2.19. The molecular weight excluding hydrogens is 311 g/mol. The van der Waals surface area contributed by atoms with Crippen LogP contribution < -0.4 is 5.56 Å². The van der Waals surface area contributed by atoms with E-state index in [9.17, 15) is 14.0 Å². The standard InChI is InChI=1S/C18H15FN2O3/c1-11(12-6-8-13(19)9-7-12)24-17(22)10-16-14-4-2-3-5-15(14)18(23)21-20-16/h2-9,11H,10H2,1H3,(H,21,23)/t11-/m0/s1. The number of fused-ring (bicyclic) bond motifs is 1. The minimum atomic E-state index is -0.507. The molecule has 0 aliphatic carbocycles. The number of aromatic nitrogens is 2. The Labute approximate surface area is 137 Å². The molecule has 0 aliphatic heterocycles. The van der Waals surface area contributed by atoms with Crippen molar-refractivity contribution in [2.24, 2.45) is 0 Å². The van der Waals surface area contributed by atoms with E-state index < -0.39 is 12.1 Å². The maximum absolute atomic E-state index is 12.9. The third kappa shape index (κ3) is 3.32. The highest BCUT2D eigenvalue weighted by molar-refractivity contribution is 5.86. The number of aromatic amines is 1. The Bertz CT molecular complexity index is 935. The first-order chi connectivity index (χ1) is 11.5. The van der Waals surface area contributed by atoms with Gasteiger partial charge in [0.1, 0.15) is 11.9 Å². The van der Waals surface area contributed by atoms with Gasteiger partial charge >= 0.3 is 5.97 Å². The molecule has 1 N–H and O–H groups in total. The van der Waals surface area contributed by atoms with Crippen LogP contribution >= 0.6 is 0 Å². The second-order valence-corrected chi connectivity index (χ2v) is 5.41. The van der Waals surface area contributed by atoms with E-state index in [1.165, 1.54) is 12.1 Å². The Morgan fingerprint density at radius 1 is 1.17 bits per heavy atom. The van der Waals surface area contributed by atoms with Crippen molar-refractivity contribution in [3.63, 3.8) is 0 Å². The summed E-state index contributed by atoms with van der Waals surface area (Å²) >= 11 is 0. The van der Waals surface area contributed by atoms with Crippen molar-refractivity contribution >= 4 is 16.7 Å². The smallest absolute Gasteiger partial charge is 0.312 e. The second-order valence-electron chi connectivity index (χ2n) is 5.41. The SMILES string of the molecule is C[C@H](OC(=O)Cc1n[nH]c(=O)c2ccccc12)c1ccc(F)cc1. The quantitative estimate of drug-likeness (QED) is 0.748. The van der Waals surface area contributed by atoms with Crippen molar-refractivity contribution in [2.45, 2.75) is 19.4 Å². The average molecular weight is 326 g/mol. The summed E-state index contributed by atoms with van der Waals surface area (Å²) in [4.78, 5) is 23.9. The fraction of sp³-hybridized carbons (Fsp3) is 0.167. The van der Waals surface area contributed by atoms with Crippen molar-refractivity contribution in [2.75, 3.05) is 0 Å². The highest BCUT2D eigenvalue weighted by Gasteiger charge is 2.15. The number of nitrogens with one attached hydrogen (secondary N) is 1. The van der Waals surface area contributed by atoms with E-state index in [0.29, 0.717) is 22.0 Å². The lowest BCUT2D eigenvalue weighted by Crippen LogP contribution is -2.16. The van der Waals surface area contributed by atoms with Crippen molar-refractivity contribution < 1.29 is 13.9 Å². The number of H-pyrrole nitrogens is 1. The molecule has 0 saturated carbocycles. The van der Waals surface area contributed by atoms with Crippen LogP contribution in [-0.2, 0) is 16.0 Å². The summed E-state index contributed by atoms with van der Waals surface area (Å²) in [6, 6.07) is 12.7. The molecule has 122 valence electrons. The highest BCUT2D eigenvalue weighted by atomic mass is 19.1. The number of nitrogens with zero attached hydrogens (tertiary/aromatic N) is 1. The zero-order valence-electron chi connectivity index (χ0n) is 13.0. The van der Waals surface area contributed by atoms with Gasteiger partial charge in [0.25, 0.3) is 5.56 Å². The molecule has 0 amide bonds. The number of hydrogen-bond acceptors (Lipinski definition) is 4. The Kier molecular flexibility index (Phi) is 4.37. The van der Waals surface area contributed by atoms with Crippen LogP contribution in [0.15, 0.2) is 53.3 Å². The molecule has 2 aromatic carbocycles. The summed E-state index contributed by atoms with van der Waals surface area (Å²) in [5.41, 5.74) is 0.841. The summed E-state index contributed by atoms with van der Waals surface area (Å²) in [5.74, 6) is -0.822. The maximum Gasteiger partial charge on any atom is 0.312 e. The first-order valence-corrected chi connectivity index (χ1v) is 7.46. The summed E-state index contributed by atoms with van der Waals surface area (Å²) in [6.45, 7) is 1.71. The molecule has 0 bridgehead atoms. The topological polar surface area (TPSA) is 72.0 Å². The number of carbonyl (C=O) groups excluding carboxylic acids is 1. The van der Waals surface area contributed by atoms with Gasteiger partial charge in [0.2, 0.25) is 0 Å². The minimum absolute atomic E-state index is 0.0666. The van der Waals surface area contributed by atoms with Crippen LogP contribution in [0.2, 0.25) is 0 Å². The molecule has 3 aromatic rings. The molecule has 0 fully saturated rings. The van der Waals surface area contributed by atoms with Crippen molar-refractivity contribution in [3.8, 4) is 0 Å². The van der Waals surface area contributed by atoms with Crippen LogP contribution in [0.25, 0.3) is 10.8 Å².